The van der Waals surface area contributed by atoms with Gasteiger partial charge in [0.25, 0.3) is 5.91 Å². The lowest BCUT2D eigenvalue weighted by Gasteiger charge is -2.36. The second kappa shape index (κ2) is 15.3. The molecule has 1 aromatic carbocycles. The largest absolute Gasteiger partial charge is 0.507 e. The van der Waals surface area contributed by atoms with Gasteiger partial charge in [0.1, 0.15) is 17.2 Å². The summed E-state index contributed by atoms with van der Waals surface area (Å²) in [6.07, 6.45) is 2.92. The minimum absolute atomic E-state index is 0.00493. The molecule has 0 spiro atoms. The first-order valence-electron chi connectivity index (χ1n) is 15.9. The van der Waals surface area contributed by atoms with Gasteiger partial charge < -0.3 is 36.0 Å². The van der Waals surface area contributed by atoms with Gasteiger partial charge in [-0.15, -0.1) is 11.8 Å². The maximum atomic E-state index is 13.9. The summed E-state index contributed by atoms with van der Waals surface area (Å²) in [5, 5.41) is 69.0. The van der Waals surface area contributed by atoms with Crippen molar-refractivity contribution in [3.05, 3.63) is 68.3 Å². The molecular formula is C36H47NO10S. The Labute approximate surface area is 285 Å². The fourth-order valence-electron chi connectivity index (χ4n) is 6.35. The predicted octanol–water partition coefficient (Wildman–Crippen LogP) is 3.75. The molecule has 3 aliphatic rings. The van der Waals surface area contributed by atoms with Crippen LogP contribution in [0.4, 0.5) is 0 Å². The van der Waals surface area contributed by atoms with Gasteiger partial charge in [0.15, 0.2) is 5.78 Å². The Hall–Kier alpha value is -3.55. The van der Waals surface area contributed by atoms with Crippen molar-refractivity contribution < 1.29 is 49.8 Å². The zero-order chi connectivity index (χ0) is 36.5. The lowest BCUT2D eigenvalue weighted by atomic mass is 9.77. The van der Waals surface area contributed by atoms with Crippen LogP contribution < -0.4 is 5.32 Å². The van der Waals surface area contributed by atoms with Crippen molar-refractivity contribution in [3.8, 4) is 11.5 Å². The average molecular weight is 686 g/mol. The number of fused-ring (bicyclic) bond motifs is 15. The summed E-state index contributed by atoms with van der Waals surface area (Å²) in [6.45, 7) is 12.4. The summed E-state index contributed by atoms with van der Waals surface area (Å²) in [5.41, 5.74) is -2.01. The third-order valence-electron chi connectivity index (χ3n) is 9.77. The Morgan fingerprint density at radius 3 is 1.65 bits per heavy atom. The normalized spacial score (nSPS) is 34.3. The van der Waals surface area contributed by atoms with Gasteiger partial charge in [0.05, 0.1) is 46.0 Å². The Kier molecular flexibility index (Phi) is 12.4. The van der Waals surface area contributed by atoms with Crippen molar-refractivity contribution in [1.82, 2.24) is 5.32 Å². The van der Waals surface area contributed by atoms with Crippen LogP contribution in [0.25, 0.3) is 0 Å². The van der Waals surface area contributed by atoms with Gasteiger partial charge >= 0.3 is 0 Å². The summed E-state index contributed by atoms with van der Waals surface area (Å²) in [7, 11) is 0. The highest BCUT2D eigenvalue weighted by Gasteiger charge is 2.42. The lowest BCUT2D eigenvalue weighted by molar-refractivity contribution is -0.116. The first-order chi connectivity index (χ1) is 22.3. The van der Waals surface area contributed by atoms with E-state index < -0.39 is 111 Å². The minimum Gasteiger partial charge on any atom is -0.507 e. The molecule has 0 saturated heterocycles. The van der Waals surface area contributed by atoms with E-state index in [2.05, 4.69) is 5.32 Å². The van der Waals surface area contributed by atoms with Crippen molar-refractivity contribution in [2.24, 2.45) is 29.6 Å². The summed E-state index contributed by atoms with van der Waals surface area (Å²) in [6, 6.07) is 0. The van der Waals surface area contributed by atoms with E-state index in [4.69, 9.17) is 0 Å². The fourth-order valence-corrected chi connectivity index (χ4v) is 6.98. The minimum atomic E-state index is -1.21. The number of Topliss-reactive ketones (excluding diaryl/α,β-unsaturated/α-hetero) is 3. The van der Waals surface area contributed by atoms with Gasteiger partial charge in [-0.3, -0.25) is 19.2 Å². The molecule has 2 aliphatic heterocycles. The van der Waals surface area contributed by atoms with Crippen LogP contribution in [0.2, 0.25) is 0 Å². The van der Waals surface area contributed by atoms with Crippen LogP contribution in [0.1, 0.15) is 85.1 Å². The first kappa shape index (κ1) is 38.9. The number of aliphatic hydroxyl groups is 4. The van der Waals surface area contributed by atoms with Crippen LogP contribution in [-0.2, 0) is 4.79 Å². The molecule has 2 heterocycles. The standard InChI is InChI=1S/C36H47NO10S/c1-14-11-10-12-15(2)36(47)37-25-33(45)24-22(34(46)35(25)48-9)23(31(43)21(8)32(24)44)28(40)17(4)13-16(3)27(39)19(6)30(42)20(7)29(41)18(5)26(14)38/h10-14,16,18-20,26-27,29-30,38-39,41-44H,1-9H3,(H,37,47)/b11-10+,15-12+,17-13+. The van der Waals surface area contributed by atoms with Gasteiger partial charge in [0, 0.05) is 40.7 Å². The second-order valence-electron chi connectivity index (χ2n) is 13.1. The number of aromatic hydroxyl groups is 2. The van der Waals surface area contributed by atoms with E-state index in [0.717, 1.165) is 11.8 Å². The van der Waals surface area contributed by atoms with Crippen molar-refractivity contribution in [2.75, 3.05) is 6.26 Å². The molecule has 12 heteroatoms. The molecule has 1 aromatic rings. The molecule has 262 valence electrons. The van der Waals surface area contributed by atoms with Crippen LogP contribution in [0.5, 0.6) is 11.5 Å². The molecule has 0 aromatic heterocycles. The highest BCUT2D eigenvalue weighted by molar-refractivity contribution is 8.03. The van der Waals surface area contributed by atoms with Gasteiger partial charge in [0.2, 0.25) is 11.6 Å². The van der Waals surface area contributed by atoms with Crippen LogP contribution >= 0.6 is 11.8 Å². The molecule has 1 aliphatic carbocycles. The molecule has 9 unspecified atom stereocenters. The van der Waals surface area contributed by atoms with Crippen molar-refractivity contribution in [3.63, 3.8) is 0 Å². The SMILES string of the molecule is CSC1=C2NC(=O)/C(C)=C/C=C/C(C)C(O)C(C)C(O)C(C)C(O)C(C)C(O)C(C)/C=C(\C)C(=O)c3c(O)c(C)c(O)c(c3C1=O)C2=O. The van der Waals surface area contributed by atoms with Crippen molar-refractivity contribution >= 4 is 35.0 Å². The Morgan fingerprint density at radius 1 is 0.646 bits per heavy atom. The zero-order valence-electron chi connectivity index (χ0n) is 28.7. The average Bonchev–Trinajstić information content (AvgIpc) is 3.05. The maximum absolute atomic E-state index is 13.9. The number of phenols is 2. The number of carbonyl (C=O) groups is 4. The van der Waals surface area contributed by atoms with Crippen molar-refractivity contribution in [2.45, 2.75) is 79.8 Å². The number of nitrogens with one attached hydrogen (secondary N) is 1. The summed E-state index contributed by atoms with van der Waals surface area (Å²) >= 11 is 0.849. The van der Waals surface area contributed by atoms with Gasteiger partial charge in [-0.1, -0.05) is 58.9 Å². The number of ketones is 3. The van der Waals surface area contributed by atoms with E-state index in [-0.39, 0.29) is 21.6 Å². The third-order valence-corrected chi connectivity index (χ3v) is 10.6. The first-order valence-corrected chi connectivity index (χ1v) is 17.1. The van der Waals surface area contributed by atoms with Crippen LogP contribution in [0, 0.1) is 36.5 Å². The Balaban J connectivity index is 2.28. The fraction of sp³-hybridized carbons (Fsp3) is 0.500. The summed E-state index contributed by atoms with van der Waals surface area (Å²) in [5.74, 6) is -8.24. The topological polar surface area (TPSA) is 202 Å². The number of rotatable bonds is 1. The number of amides is 1. The van der Waals surface area contributed by atoms with E-state index in [9.17, 15) is 49.8 Å². The van der Waals surface area contributed by atoms with Gasteiger partial charge in [-0.05, 0) is 32.6 Å². The molecule has 48 heavy (non-hydrogen) atoms. The van der Waals surface area contributed by atoms with E-state index in [1.807, 2.05) is 0 Å². The third kappa shape index (κ3) is 7.23. The zero-order valence-corrected chi connectivity index (χ0v) is 29.5. The second-order valence-corrected chi connectivity index (χ2v) is 14.0. The van der Waals surface area contributed by atoms with Gasteiger partial charge in [-0.2, -0.15) is 0 Å². The molecule has 11 nitrogen and oxygen atoms in total. The number of carbonyl (C=O) groups excluding carboxylic acids is 4. The molecule has 9 atom stereocenters. The molecule has 0 radical (unpaired) electrons. The van der Waals surface area contributed by atoms with E-state index in [1.165, 1.54) is 45.3 Å². The van der Waals surface area contributed by atoms with Gasteiger partial charge in [-0.25, -0.2) is 0 Å². The number of allylic oxidation sites excluding steroid dienone is 5. The van der Waals surface area contributed by atoms with E-state index in [1.54, 1.807) is 40.7 Å². The molecule has 4 bridgehead atoms. The quantitative estimate of drug-likeness (QED) is 0.227. The molecule has 0 fully saturated rings. The monoisotopic (exact) mass is 685 g/mol. The number of thioether (sulfide) groups is 1. The highest BCUT2D eigenvalue weighted by atomic mass is 32.2. The maximum Gasteiger partial charge on any atom is 0.251 e. The smallest absolute Gasteiger partial charge is 0.251 e. The van der Waals surface area contributed by atoms with E-state index >= 15 is 0 Å². The summed E-state index contributed by atoms with van der Waals surface area (Å²) in [4.78, 5) is 54.7. The van der Waals surface area contributed by atoms with Crippen LogP contribution in [0.15, 0.2) is 46.1 Å². The number of hydrogen-bond donors (Lipinski definition) is 7. The molecule has 4 rings (SSSR count). The molecular weight excluding hydrogens is 638 g/mol. The van der Waals surface area contributed by atoms with Crippen LogP contribution in [-0.4, -0.2) is 84.6 Å². The van der Waals surface area contributed by atoms with Crippen molar-refractivity contribution in [1.29, 1.82) is 0 Å². The van der Waals surface area contributed by atoms with Crippen LogP contribution in [0.3, 0.4) is 0 Å². The predicted molar refractivity (Wildman–Crippen MR) is 183 cm³/mol. The lowest BCUT2D eigenvalue weighted by Crippen LogP contribution is -2.45. The number of phenolic OH excluding ortho intramolecular Hbond substituents is 2. The highest BCUT2D eigenvalue weighted by Crippen LogP contribution is 2.44. The number of aliphatic hydroxyl groups excluding tert-OH is 4. The Bertz CT molecular complexity index is 1620. The van der Waals surface area contributed by atoms with E-state index in [0.29, 0.717) is 0 Å². The number of benzene rings is 1. The molecule has 1 amide bonds. The molecule has 7 N–H and O–H groups in total. The molecule has 0 saturated carbocycles. The number of hydrogen-bond acceptors (Lipinski definition) is 11. The summed E-state index contributed by atoms with van der Waals surface area (Å²) < 4.78 is 0. The Morgan fingerprint density at radius 2 is 1.12 bits per heavy atom.